The van der Waals surface area contributed by atoms with E-state index in [4.69, 9.17) is 19.2 Å². The van der Waals surface area contributed by atoms with Crippen LogP contribution in [-0.2, 0) is 6.54 Å². The van der Waals surface area contributed by atoms with Gasteiger partial charge in [-0.3, -0.25) is 9.69 Å². The maximum Gasteiger partial charge on any atom is 0.260 e. The van der Waals surface area contributed by atoms with E-state index in [2.05, 4.69) is 11.9 Å². The molecule has 0 fully saturated rings. The van der Waals surface area contributed by atoms with Crippen LogP contribution in [0.15, 0.2) is 55.1 Å². The van der Waals surface area contributed by atoms with Gasteiger partial charge in [-0.2, -0.15) is 0 Å². The third-order valence-corrected chi connectivity index (χ3v) is 6.69. The highest BCUT2D eigenvalue weighted by molar-refractivity contribution is 7.22. The molecule has 184 valence electrons. The molecule has 8 nitrogen and oxygen atoms in total. The smallest absolute Gasteiger partial charge is 0.260 e. The predicted molar refractivity (Wildman–Crippen MR) is 138 cm³/mol. The van der Waals surface area contributed by atoms with Crippen molar-refractivity contribution >= 4 is 32.6 Å². The van der Waals surface area contributed by atoms with Crippen LogP contribution in [-0.4, -0.2) is 47.8 Å². The molecule has 0 saturated heterocycles. The zero-order chi connectivity index (χ0) is 24.6. The number of ether oxygens (including phenoxy) is 3. The first-order valence-electron chi connectivity index (χ1n) is 11.7. The average molecular weight is 495 g/mol. The molecule has 0 aliphatic heterocycles. The number of carbonyl (C=O) groups is 1. The fraction of sp³-hybridized carbons (Fsp3) is 0.346. The van der Waals surface area contributed by atoms with E-state index in [1.807, 2.05) is 35.0 Å². The topological polar surface area (TPSA) is 78.7 Å². The number of imidazole rings is 1. The summed E-state index contributed by atoms with van der Waals surface area (Å²) in [5.74, 6) is 1.98. The number of benzene rings is 2. The molecule has 4 rings (SSSR count). The molecule has 35 heavy (non-hydrogen) atoms. The van der Waals surface area contributed by atoms with Crippen LogP contribution in [0.3, 0.4) is 0 Å². The summed E-state index contributed by atoms with van der Waals surface area (Å²) in [7, 11) is 3.23. The van der Waals surface area contributed by atoms with E-state index in [1.54, 1.807) is 43.8 Å². The van der Waals surface area contributed by atoms with E-state index in [1.165, 1.54) is 11.3 Å². The molecule has 4 aromatic rings. The lowest BCUT2D eigenvalue weighted by Gasteiger charge is -2.20. The van der Waals surface area contributed by atoms with Crippen molar-refractivity contribution in [2.45, 2.75) is 32.7 Å². The summed E-state index contributed by atoms with van der Waals surface area (Å²) in [5, 5.41) is 0.599. The SMILES string of the molecule is CCCCOc1ccc(C(=O)N(CCCn2ccnc2)c2nc3c(OC)ccc(OC)c3s2)cc1. The molecule has 0 aliphatic rings. The number of thiazole rings is 1. The van der Waals surface area contributed by atoms with E-state index in [0.29, 0.717) is 40.9 Å². The summed E-state index contributed by atoms with van der Waals surface area (Å²) >= 11 is 1.42. The Hall–Kier alpha value is -3.59. The number of carbonyl (C=O) groups excluding carboxylic acids is 1. The van der Waals surface area contributed by atoms with E-state index >= 15 is 0 Å². The number of anilines is 1. The molecular formula is C26H30N4O4S. The number of aryl methyl sites for hydroxylation is 1. The van der Waals surface area contributed by atoms with Crippen molar-refractivity contribution < 1.29 is 19.0 Å². The Kier molecular flexibility index (Phi) is 8.20. The fourth-order valence-corrected chi connectivity index (χ4v) is 4.79. The minimum Gasteiger partial charge on any atom is -0.495 e. The van der Waals surface area contributed by atoms with Gasteiger partial charge in [-0.05, 0) is 49.2 Å². The van der Waals surface area contributed by atoms with Gasteiger partial charge in [-0.1, -0.05) is 24.7 Å². The Labute approximate surface area is 209 Å². The lowest BCUT2D eigenvalue weighted by Crippen LogP contribution is -2.32. The summed E-state index contributed by atoms with van der Waals surface area (Å²) in [6.07, 6.45) is 8.25. The number of aromatic nitrogens is 3. The molecule has 0 radical (unpaired) electrons. The van der Waals surface area contributed by atoms with Gasteiger partial charge in [0.25, 0.3) is 5.91 Å². The van der Waals surface area contributed by atoms with Crippen LogP contribution in [0, 0.1) is 0 Å². The van der Waals surface area contributed by atoms with Gasteiger partial charge >= 0.3 is 0 Å². The van der Waals surface area contributed by atoms with Crippen LogP contribution >= 0.6 is 11.3 Å². The molecule has 0 N–H and O–H groups in total. The number of hydrogen-bond donors (Lipinski definition) is 0. The first kappa shape index (κ1) is 24.5. The van der Waals surface area contributed by atoms with Crippen molar-refractivity contribution in [2.24, 2.45) is 0 Å². The largest absolute Gasteiger partial charge is 0.495 e. The van der Waals surface area contributed by atoms with Crippen LogP contribution in [0.25, 0.3) is 10.2 Å². The van der Waals surface area contributed by atoms with E-state index in [-0.39, 0.29) is 5.91 Å². The minimum absolute atomic E-state index is 0.118. The van der Waals surface area contributed by atoms with Gasteiger partial charge < -0.3 is 18.8 Å². The van der Waals surface area contributed by atoms with Crippen molar-refractivity contribution in [3.63, 3.8) is 0 Å². The van der Waals surface area contributed by atoms with Crippen molar-refractivity contribution in [1.29, 1.82) is 0 Å². The number of methoxy groups -OCH3 is 2. The molecule has 2 aromatic heterocycles. The van der Waals surface area contributed by atoms with Gasteiger partial charge in [0, 0.05) is 31.0 Å². The molecule has 2 heterocycles. The average Bonchev–Trinajstić information content (AvgIpc) is 3.56. The number of fused-ring (bicyclic) bond motifs is 1. The Morgan fingerprint density at radius 1 is 1.06 bits per heavy atom. The molecule has 0 spiro atoms. The van der Waals surface area contributed by atoms with Crippen LogP contribution < -0.4 is 19.1 Å². The summed E-state index contributed by atoms with van der Waals surface area (Å²) < 4.78 is 19.6. The first-order chi connectivity index (χ1) is 17.1. The van der Waals surface area contributed by atoms with Gasteiger partial charge in [0.15, 0.2) is 5.13 Å². The zero-order valence-corrected chi connectivity index (χ0v) is 21.1. The molecule has 9 heteroatoms. The quantitative estimate of drug-likeness (QED) is 0.245. The fourth-order valence-electron chi connectivity index (χ4n) is 3.69. The van der Waals surface area contributed by atoms with Crippen molar-refractivity contribution in [2.75, 3.05) is 32.3 Å². The summed E-state index contributed by atoms with van der Waals surface area (Å²) in [5.41, 5.74) is 1.26. The van der Waals surface area contributed by atoms with Gasteiger partial charge in [-0.25, -0.2) is 9.97 Å². The maximum atomic E-state index is 13.7. The third-order valence-electron chi connectivity index (χ3n) is 5.60. The molecule has 2 aromatic carbocycles. The summed E-state index contributed by atoms with van der Waals surface area (Å²) in [4.78, 5) is 24.3. The van der Waals surface area contributed by atoms with Crippen LogP contribution in [0.1, 0.15) is 36.5 Å². The van der Waals surface area contributed by atoms with Crippen molar-refractivity contribution in [3.05, 3.63) is 60.7 Å². The molecule has 0 saturated carbocycles. The zero-order valence-electron chi connectivity index (χ0n) is 20.3. The number of hydrogen-bond acceptors (Lipinski definition) is 7. The van der Waals surface area contributed by atoms with Gasteiger partial charge in [0.2, 0.25) is 0 Å². The second-order valence-electron chi connectivity index (χ2n) is 7.98. The summed E-state index contributed by atoms with van der Waals surface area (Å²) in [6.45, 7) is 4.03. The Morgan fingerprint density at radius 2 is 1.83 bits per heavy atom. The van der Waals surface area contributed by atoms with Crippen LogP contribution in [0.5, 0.6) is 17.2 Å². The van der Waals surface area contributed by atoms with Crippen molar-refractivity contribution in [1.82, 2.24) is 14.5 Å². The number of unbranched alkanes of at least 4 members (excludes halogenated alkanes) is 1. The Bertz CT molecular complexity index is 1200. The highest BCUT2D eigenvalue weighted by Crippen LogP contribution is 2.40. The molecule has 0 atom stereocenters. The second kappa shape index (κ2) is 11.7. The highest BCUT2D eigenvalue weighted by atomic mass is 32.1. The minimum atomic E-state index is -0.118. The van der Waals surface area contributed by atoms with Crippen LogP contribution in [0.2, 0.25) is 0 Å². The van der Waals surface area contributed by atoms with E-state index in [9.17, 15) is 4.79 Å². The van der Waals surface area contributed by atoms with E-state index in [0.717, 1.165) is 36.3 Å². The van der Waals surface area contributed by atoms with Crippen LogP contribution in [0.4, 0.5) is 5.13 Å². The number of rotatable bonds is 12. The Balaban J connectivity index is 1.62. The summed E-state index contributed by atoms with van der Waals surface area (Å²) in [6, 6.07) is 11.0. The second-order valence-corrected chi connectivity index (χ2v) is 8.96. The normalized spacial score (nSPS) is 10.9. The monoisotopic (exact) mass is 494 g/mol. The lowest BCUT2D eigenvalue weighted by molar-refractivity contribution is 0.0986. The highest BCUT2D eigenvalue weighted by Gasteiger charge is 2.23. The number of nitrogens with zero attached hydrogens (tertiary/aromatic N) is 4. The Morgan fingerprint density at radius 3 is 2.51 bits per heavy atom. The molecular weight excluding hydrogens is 464 g/mol. The lowest BCUT2D eigenvalue weighted by atomic mass is 10.2. The molecule has 0 unspecified atom stereocenters. The maximum absolute atomic E-state index is 13.7. The molecule has 0 bridgehead atoms. The molecule has 0 aliphatic carbocycles. The van der Waals surface area contributed by atoms with Gasteiger partial charge in [-0.15, -0.1) is 0 Å². The first-order valence-corrected chi connectivity index (χ1v) is 12.5. The number of amides is 1. The standard InChI is InChI=1S/C26H30N4O4S/c1-4-5-17-34-20-9-7-19(8-10-20)25(31)30(15-6-14-29-16-13-27-18-29)26-28-23-21(32-2)11-12-22(33-3)24(23)35-26/h7-13,16,18H,4-6,14-15,17H2,1-3H3. The van der Waals surface area contributed by atoms with E-state index < -0.39 is 0 Å². The third kappa shape index (κ3) is 5.74. The predicted octanol–water partition coefficient (Wildman–Crippen LogP) is 5.43. The van der Waals surface area contributed by atoms with Gasteiger partial charge in [0.05, 0.1) is 27.2 Å². The molecule has 1 amide bonds. The van der Waals surface area contributed by atoms with Crippen molar-refractivity contribution in [3.8, 4) is 17.2 Å². The van der Waals surface area contributed by atoms with Gasteiger partial charge in [0.1, 0.15) is 27.5 Å².